The van der Waals surface area contributed by atoms with Crippen LogP contribution in [0, 0.1) is 0 Å². The summed E-state index contributed by atoms with van der Waals surface area (Å²) in [4.78, 5) is 20.1. The topological polar surface area (TPSA) is 33.2 Å². The first kappa shape index (κ1) is 18.5. The fraction of sp³-hybridized carbons (Fsp3) is 0.364. The van der Waals surface area contributed by atoms with Crippen LogP contribution in [0.2, 0.25) is 5.02 Å². The van der Waals surface area contributed by atoms with Crippen molar-refractivity contribution in [3.05, 3.63) is 52.5 Å². The number of amides is 1. The number of rotatable bonds is 2. The lowest BCUT2D eigenvalue weighted by Gasteiger charge is -2.50. The molecule has 0 N–H and O–H groups in total. The number of aromatic nitrogens is 1. The molecule has 1 amide bonds. The van der Waals surface area contributed by atoms with Crippen molar-refractivity contribution in [2.75, 3.05) is 7.05 Å². The van der Waals surface area contributed by atoms with E-state index in [1.165, 1.54) is 16.0 Å². The average molecular weight is 429 g/mol. The summed E-state index contributed by atoms with van der Waals surface area (Å²) in [5.74, 6) is 0.286. The third kappa shape index (κ3) is 2.95. The summed E-state index contributed by atoms with van der Waals surface area (Å²) < 4.78 is 2.20. The highest BCUT2D eigenvalue weighted by Crippen LogP contribution is 2.47. The van der Waals surface area contributed by atoms with Crippen LogP contribution in [0.1, 0.15) is 37.3 Å². The lowest BCUT2D eigenvalue weighted by atomic mass is 9.63. The summed E-state index contributed by atoms with van der Waals surface area (Å²) >= 11 is 9.52. The fourth-order valence-corrected chi connectivity index (χ4v) is 7.10. The van der Waals surface area contributed by atoms with Gasteiger partial charge in [-0.15, -0.1) is 11.3 Å². The van der Waals surface area contributed by atoms with E-state index in [0.717, 1.165) is 38.8 Å². The molecule has 0 bridgehead atoms. The standard InChI is InChI=1S/C22H21ClN2OS2/c1-22-10-9-20(26)25(2)19(22)8-3-13-11-15(5-6-16(13)22)27-21-24-17-12-14(23)4-7-18(17)28-21/h4-7,11-12,19H,3,8-10H2,1-2H3/t19-,22-/m1/s1. The number of likely N-dealkylation sites (tertiary alicyclic amines) is 1. The van der Waals surface area contributed by atoms with Crippen LogP contribution >= 0.6 is 34.7 Å². The number of piperidine rings is 1. The van der Waals surface area contributed by atoms with Crippen LogP contribution in [0.25, 0.3) is 10.2 Å². The minimum atomic E-state index is 0.0616. The van der Waals surface area contributed by atoms with Crippen LogP contribution in [0.5, 0.6) is 0 Å². The number of benzene rings is 2. The summed E-state index contributed by atoms with van der Waals surface area (Å²) in [6.07, 6.45) is 3.66. The van der Waals surface area contributed by atoms with E-state index in [-0.39, 0.29) is 11.3 Å². The number of halogens is 1. The van der Waals surface area contributed by atoms with Crippen molar-refractivity contribution in [3.8, 4) is 0 Å². The molecule has 0 spiro atoms. The highest BCUT2D eigenvalue weighted by Gasteiger charge is 2.46. The van der Waals surface area contributed by atoms with E-state index in [4.69, 9.17) is 16.6 Å². The van der Waals surface area contributed by atoms with Gasteiger partial charge in [-0.25, -0.2) is 4.98 Å². The first-order valence-electron chi connectivity index (χ1n) is 9.57. The van der Waals surface area contributed by atoms with Crippen molar-refractivity contribution in [2.24, 2.45) is 0 Å². The van der Waals surface area contributed by atoms with Gasteiger partial charge in [0, 0.05) is 34.8 Å². The number of carbonyl (C=O) groups is 1. The van der Waals surface area contributed by atoms with Gasteiger partial charge in [0.05, 0.1) is 10.2 Å². The molecule has 0 radical (unpaired) electrons. The summed E-state index contributed by atoms with van der Waals surface area (Å²) in [6, 6.07) is 13.0. The lowest BCUT2D eigenvalue weighted by Crippen LogP contribution is -2.56. The SMILES string of the molecule is CN1C(=O)CC[C@]2(C)c3ccc(Sc4nc5cc(Cl)ccc5s4)cc3CC[C@@H]12. The zero-order valence-electron chi connectivity index (χ0n) is 15.9. The Hall–Kier alpha value is -1.56. The Morgan fingerprint density at radius 2 is 2.11 bits per heavy atom. The molecular weight excluding hydrogens is 408 g/mol. The zero-order chi connectivity index (χ0) is 19.5. The molecule has 1 saturated heterocycles. The second-order valence-corrected chi connectivity index (χ2v) is 10.8. The van der Waals surface area contributed by atoms with E-state index in [1.54, 1.807) is 23.1 Å². The van der Waals surface area contributed by atoms with Crippen LogP contribution in [-0.2, 0) is 16.6 Å². The fourth-order valence-electron chi connectivity index (χ4n) is 4.85. The van der Waals surface area contributed by atoms with Crippen LogP contribution in [0.15, 0.2) is 45.6 Å². The van der Waals surface area contributed by atoms with E-state index >= 15 is 0 Å². The van der Waals surface area contributed by atoms with Crippen LogP contribution in [-0.4, -0.2) is 28.9 Å². The van der Waals surface area contributed by atoms with Crippen molar-refractivity contribution >= 4 is 50.8 Å². The van der Waals surface area contributed by atoms with Gasteiger partial charge < -0.3 is 4.90 Å². The summed E-state index contributed by atoms with van der Waals surface area (Å²) in [7, 11) is 1.97. The highest BCUT2D eigenvalue weighted by atomic mass is 35.5. The Balaban J connectivity index is 1.45. The van der Waals surface area contributed by atoms with Gasteiger partial charge in [-0.1, -0.05) is 36.4 Å². The Bertz CT molecular complexity index is 1100. The minimum absolute atomic E-state index is 0.0616. The maximum absolute atomic E-state index is 12.2. The second-order valence-electron chi connectivity index (χ2n) is 7.99. The molecular formula is C22H21ClN2OS2. The summed E-state index contributed by atoms with van der Waals surface area (Å²) in [5, 5.41) is 0.724. The Morgan fingerprint density at radius 3 is 2.96 bits per heavy atom. The lowest BCUT2D eigenvalue weighted by molar-refractivity contribution is -0.138. The van der Waals surface area contributed by atoms with Gasteiger partial charge in [0.1, 0.15) is 0 Å². The van der Waals surface area contributed by atoms with E-state index < -0.39 is 0 Å². The van der Waals surface area contributed by atoms with Crippen molar-refractivity contribution in [1.82, 2.24) is 9.88 Å². The largest absolute Gasteiger partial charge is 0.342 e. The van der Waals surface area contributed by atoms with Crippen molar-refractivity contribution in [3.63, 3.8) is 0 Å². The van der Waals surface area contributed by atoms with Gasteiger partial charge >= 0.3 is 0 Å². The molecule has 2 heterocycles. The second kappa shape index (κ2) is 6.75. The molecule has 2 atom stereocenters. The van der Waals surface area contributed by atoms with E-state index in [1.807, 2.05) is 30.1 Å². The number of nitrogens with zero attached hydrogens (tertiary/aromatic N) is 2. The maximum atomic E-state index is 12.2. The van der Waals surface area contributed by atoms with Crippen LogP contribution in [0.3, 0.4) is 0 Å². The van der Waals surface area contributed by atoms with Crippen LogP contribution in [0.4, 0.5) is 0 Å². The Morgan fingerprint density at radius 1 is 1.25 bits per heavy atom. The molecule has 0 unspecified atom stereocenters. The molecule has 0 saturated carbocycles. The normalized spacial score (nSPS) is 24.3. The first-order chi connectivity index (χ1) is 13.4. The third-order valence-electron chi connectivity index (χ3n) is 6.37. The predicted octanol–water partition coefficient (Wildman–Crippen LogP) is 5.93. The number of fused-ring (bicyclic) bond motifs is 4. The number of aryl methyl sites for hydroxylation is 1. The minimum Gasteiger partial charge on any atom is -0.342 e. The van der Waals surface area contributed by atoms with E-state index in [0.29, 0.717) is 12.5 Å². The summed E-state index contributed by atoms with van der Waals surface area (Å²) in [5.41, 5.74) is 3.87. The Labute approximate surface area is 178 Å². The van der Waals surface area contributed by atoms with Crippen molar-refractivity contribution in [1.29, 1.82) is 0 Å². The number of hydrogen-bond acceptors (Lipinski definition) is 4. The average Bonchev–Trinajstić information content (AvgIpc) is 3.06. The number of thiazole rings is 1. The van der Waals surface area contributed by atoms with Gasteiger partial charge in [0.15, 0.2) is 4.34 Å². The third-order valence-corrected chi connectivity index (χ3v) is 8.69. The molecule has 28 heavy (non-hydrogen) atoms. The van der Waals surface area contributed by atoms with Crippen molar-refractivity contribution < 1.29 is 4.79 Å². The number of likely N-dealkylation sites (N-methyl/N-ethyl adjacent to an activating group) is 1. The quantitative estimate of drug-likeness (QED) is 0.507. The van der Waals surface area contributed by atoms with Gasteiger partial charge in [0.25, 0.3) is 0 Å². The van der Waals surface area contributed by atoms with Gasteiger partial charge in [-0.2, -0.15) is 0 Å². The molecule has 3 aromatic rings. The molecule has 6 heteroatoms. The smallest absolute Gasteiger partial charge is 0.222 e. The van der Waals surface area contributed by atoms with Gasteiger partial charge in [0.2, 0.25) is 5.91 Å². The molecule has 3 nitrogen and oxygen atoms in total. The summed E-state index contributed by atoms with van der Waals surface area (Å²) in [6.45, 7) is 2.34. The maximum Gasteiger partial charge on any atom is 0.222 e. The monoisotopic (exact) mass is 428 g/mol. The highest BCUT2D eigenvalue weighted by molar-refractivity contribution is 8.01. The molecule has 144 valence electrons. The molecule has 5 rings (SSSR count). The van der Waals surface area contributed by atoms with E-state index in [9.17, 15) is 4.79 Å². The number of hydrogen-bond donors (Lipinski definition) is 0. The molecule has 1 aliphatic carbocycles. The molecule has 1 aliphatic heterocycles. The molecule has 1 fully saturated rings. The van der Waals surface area contributed by atoms with Gasteiger partial charge in [-0.3, -0.25) is 4.79 Å². The molecule has 2 aromatic carbocycles. The van der Waals surface area contributed by atoms with E-state index in [2.05, 4.69) is 25.1 Å². The van der Waals surface area contributed by atoms with Gasteiger partial charge in [-0.05, 0) is 60.7 Å². The Kier molecular flexibility index (Phi) is 4.45. The zero-order valence-corrected chi connectivity index (χ0v) is 18.3. The molecule has 2 aliphatic rings. The molecule has 1 aromatic heterocycles. The number of carbonyl (C=O) groups excluding carboxylic acids is 1. The first-order valence-corrected chi connectivity index (χ1v) is 11.6. The van der Waals surface area contributed by atoms with Crippen molar-refractivity contribution in [2.45, 2.75) is 53.3 Å². The predicted molar refractivity (Wildman–Crippen MR) is 117 cm³/mol. The van der Waals surface area contributed by atoms with Crippen LogP contribution < -0.4 is 0 Å².